The zero-order valence-corrected chi connectivity index (χ0v) is 19.6. The first kappa shape index (κ1) is 22.0. The van der Waals surface area contributed by atoms with Crippen molar-refractivity contribution in [1.82, 2.24) is 9.55 Å². The fraction of sp³-hybridized carbons (Fsp3) is 0.269. The number of hydrogen-bond donors (Lipinski definition) is 0. The zero-order valence-electron chi connectivity index (χ0n) is 18.8. The fourth-order valence-electron chi connectivity index (χ4n) is 3.96. The summed E-state index contributed by atoms with van der Waals surface area (Å²) >= 11 is 1.55. The van der Waals surface area contributed by atoms with Gasteiger partial charge in [-0.2, -0.15) is 0 Å². The van der Waals surface area contributed by atoms with Gasteiger partial charge in [0.05, 0.1) is 12.5 Å². The van der Waals surface area contributed by atoms with E-state index >= 15 is 0 Å². The molecule has 0 aliphatic rings. The summed E-state index contributed by atoms with van der Waals surface area (Å²) in [6, 6.07) is 16.2. The lowest BCUT2D eigenvalue weighted by Crippen LogP contribution is -2.24. The second-order valence-corrected chi connectivity index (χ2v) is 9.22. The van der Waals surface area contributed by atoms with Crippen LogP contribution in [-0.2, 0) is 16.1 Å². The first-order valence-electron chi connectivity index (χ1n) is 10.6. The number of ether oxygens (including phenoxy) is 1. The summed E-state index contributed by atoms with van der Waals surface area (Å²) in [5.74, 6) is 0.351. The molecule has 0 amide bonds. The number of hydrogen-bond acceptors (Lipinski definition) is 5. The largest absolute Gasteiger partial charge is 0.469 e. The molecule has 5 nitrogen and oxygen atoms in total. The van der Waals surface area contributed by atoms with Gasteiger partial charge in [-0.3, -0.25) is 14.2 Å². The minimum absolute atomic E-state index is 0.0729. The van der Waals surface area contributed by atoms with Crippen molar-refractivity contribution in [2.24, 2.45) is 0 Å². The number of carbonyl (C=O) groups excluding carboxylic acids is 1. The third kappa shape index (κ3) is 4.23. The Balaban J connectivity index is 1.93. The standard InChI is InChI=1S/C26H26N2O3S/c1-16-10-12-19(13-11-16)22-18(3)32-25-23(22)26(30)28(14-6-9-21(29)31-4)24(27-25)20-8-5-7-17(2)15-20/h5,7-8,10-13,15H,6,9,14H2,1-4H3. The molecule has 0 saturated carbocycles. The van der Waals surface area contributed by atoms with Crippen molar-refractivity contribution in [3.63, 3.8) is 0 Å². The number of aromatic nitrogens is 2. The predicted octanol–water partition coefficient (Wildman–Crippen LogP) is 5.67. The molecule has 0 saturated heterocycles. The number of rotatable bonds is 6. The number of methoxy groups -OCH3 is 1. The van der Waals surface area contributed by atoms with Crippen LogP contribution in [0.4, 0.5) is 0 Å². The zero-order chi connectivity index (χ0) is 22.8. The van der Waals surface area contributed by atoms with Crippen LogP contribution in [-0.4, -0.2) is 22.6 Å². The molecule has 0 spiro atoms. The molecule has 164 valence electrons. The highest BCUT2D eigenvalue weighted by Crippen LogP contribution is 2.36. The monoisotopic (exact) mass is 446 g/mol. The highest BCUT2D eigenvalue weighted by Gasteiger charge is 2.20. The van der Waals surface area contributed by atoms with E-state index in [0.717, 1.165) is 32.0 Å². The summed E-state index contributed by atoms with van der Waals surface area (Å²) in [6.07, 6.45) is 0.753. The van der Waals surface area contributed by atoms with E-state index in [1.807, 2.05) is 45.0 Å². The van der Waals surface area contributed by atoms with Crippen LogP contribution in [0.15, 0.2) is 53.3 Å². The van der Waals surface area contributed by atoms with Gasteiger partial charge in [0.2, 0.25) is 0 Å². The van der Waals surface area contributed by atoms with Crippen LogP contribution in [0.2, 0.25) is 0 Å². The van der Waals surface area contributed by atoms with Gasteiger partial charge in [0.15, 0.2) is 0 Å². The molecule has 0 aliphatic heterocycles. The molecule has 2 aromatic heterocycles. The Bertz CT molecular complexity index is 1350. The van der Waals surface area contributed by atoms with E-state index in [0.29, 0.717) is 24.2 Å². The van der Waals surface area contributed by atoms with Crippen molar-refractivity contribution in [1.29, 1.82) is 0 Å². The number of aryl methyl sites for hydroxylation is 3. The van der Waals surface area contributed by atoms with E-state index in [1.165, 1.54) is 12.7 Å². The molecule has 4 aromatic rings. The first-order chi connectivity index (χ1) is 15.4. The van der Waals surface area contributed by atoms with Crippen LogP contribution in [0, 0.1) is 20.8 Å². The molecule has 0 fully saturated rings. The quantitative estimate of drug-likeness (QED) is 0.358. The summed E-state index contributed by atoms with van der Waals surface area (Å²) in [5.41, 5.74) is 5.05. The molecule has 0 unspecified atom stereocenters. The first-order valence-corrected chi connectivity index (χ1v) is 11.5. The van der Waals surface area contributed by atoms with Crippen molar-refractivity contribution in [3.05, 3.63) is 74.9 Å². The molecule has 4 rings (SSSR count). The maximum atomic E-state index is 13.8. The Kier molecular flexibility index (Phi) is 6.24. The van der Waals surface area contributed by atoms with Crippen LogP contribution in [0.3, 0.4) is 0 Å². The third-order valence-electron chi connectivity index (χ3n) is 5.59. The molecule has 0 radical (unpaired) electrons. The van der Waals surface area contributed by atoms with Crippen LogP contribution >= 0.6 is 11.3 Å². The normalized spacial score (nSPS) is 11.1. The molecular formula is C26H26N2O3S. The fourth-order valence-corrected chi connectivity index (χ4v) is 4.99. The average molecular weight is 447 g/mol. The molecule has 0 N–H and O–H groups in total. The van der Waals surface area contributed by atoms with Gasteiger partial charge in [0, 0.05) is 29.0 Å². The number of esters is 1. The Morgan fingerprint density at radius 2 is 1.78 bits per heavy atom. The summed E-state index contributed by atoms with van der Waals surface area (Å²) in [4.78, 5) is 32.2. The van der Waals surface area contributed by atoms with Gasteiger partial charge in [-0.05, 0) is 38.8 Å². The van der Waals surface area contributed by atoms with Gasteiger partial charge in [-0.15, -0.1) is 11.3 Å². The number of carbonyl (C=O) groups is 1. The molecule has 0 aliphatic carbocycles. The highest BCUT2D eigenvalue weighted by atomic mass is 32.1. The van der Waals surface area contributed by atoms with Crippen molar-refractivity contribution in [2.75, 3.05) is 7.11 Å². The Morgan fingerprint density at radius 1 is 1.03 bits per heavy atom. The van der Waals surface area contributed by atoms with Crippen LogP contribution in [0.25, 0.3) is 32.7 Å². The smallest absolute Gasteiger partial charge is 0.305 e. The maximum absolute atomic E-state index is 13.8. The number of nitrogens with zero attached hydrogens (tertiary/aromatic N) is 2. The Hall–Kier alpha value is -3.25. The van der Waals surface area contributed by atoms with Gasteiger partial charge in [0.1, 0.15) is 10.7 Å². The van der Waals surface area contributed by atoms with Gasteiger partial charge < -0.3 is 4.74 Å². The second-order valence-electron chi connectivity index (χ2n) is 8.02. The van der Waals surface area contributed by atoms with E-state index in [-0.39, 0.29) is 17.9 Å². The third-order valence-corrected chi connectivity index (χ3v) is 6.59. The molecule has 32 heavy (non-hydrogen) atoms. The lowest BCUT2D eigenvalue weighted by molar-refractivity contribution is -0.140. The molecule has 0 bridgehead atoms. The van der Waals surface area contributed by atoms with Crippen LogP contribution < -0.4 is 5.56 Å². The number of benzene rings is 2. The van der Waals surface area contributed by atoms with E-state index in [2.05, 4.69) is 24.3 Å². The van der Waals surface area contributed by atoms with E-state index < -0.39 is 0 Å². The Labute approximate surface area is 191 Å². The summed E-state index contributed by atoms with van der Waals surface area (Å²) in [5, 5.41) is 0.644. The topological polar surface area (TPSA) is 61.2 Å². The van der Waals surface area contributed by atoms with Crippen molar-refractivity contribution in [2.45, 2.75) is 40.2 Å². The number of thiophene rings is 1. The van der Waals surface area contributed by atoms with Crippen LogP contribution in [0.1, 0.15) is 28.8 Å². The predicted molar refractivity (Wildman–Crippen MR) is 130 cm³/mol. The summed E-state index contributed by atoms with van der Waals surface area (Å²) in [6.45, 7) is 6.50. The van der Waals surface area contributed by atoms with E-state index in [4.69, 9.17) is 9.72 Å². The lowest BCUT2D eigenvalue weighted by Gasteiger charge is -2.13. The van der Waals surface area contributed by atoms with Crippen molar-refractivity contribution >= 4 is 27.5 Å². The summed E-state index contributed by atoms with van der Waals surface area (Å²) in [7, 11) is 1.38. The molecule has 0 atom stereocenters. The Morgan fingerprint density at radius 3 is 2.47 bits per heavy atom. The number of fused-ring (bicyclic) bond motifs is 1. The molecule has 6 heteroatoms. The highest BCUT2D eigenvalue weighted by molar-refractivity contribution is 7.19. The van der Waals surface area contributed by atoms with Gasteiger partial charge in [0.25, 0.3) is 5.56 Å². The van der Waals surface area contributed by atoms with Crippen molar-refractivity contribution in [3.8, 4) is 22.5 Å². The minimum atomic E-state index is -0.282. The van der Waals surface area contributed by atoms with Crippen LogP contribution in [0.5, 0.6) is 0 Å². The summed E-state index contributed by atoms with van der Waals surface area (Å²) < 4.78 is 6.48. The lowest BCUT2D eigenvalue weighted by atomic mass is 10.0. The average Bonchev–Trinajstić information content (AvgIpc) is 3.11. The molecular weight excluding hydrogens is 420 g/mol. The minimum Gasteiger partial charge on any atom is -0.469 e. The molecule has 2 heterocycles. The van der Waals surface area contributed by atoms with E-state index in [1.54, 1.807) is 15.9 Å². The van der Waals surface area contributed by atoms with Gasteiger partial charge in [-0.1, -0.05) is 53.6 Å². The van der Waals surface area contributed by atoms with E-state index in [9.17, 15) is 9.59 Å². The van der Waals surface area contributed by atoms with Gasteiger partial charge >= 0.3 is 5.97 Å². The van der Waals surface area contributed by atoms with Gasteiger partial charge in [-0.25, -0.2) is 4.98 Å². The molecule has 2 aromatic carbocycles. The SMILES string of the molecule is COC(=O)CCCn1c(-c2cccc(C)c2)nc2sc(C)c(-c3ccc(C)cc3)c2c1=O. The maximum Gasteiger partial charge on any atom is 0.305 e. The second kappa shape index (κ2) is 9.09. The van der Waals surface area contributed by atoms with Crippen molar-refractivity contribution < 1.29 is 9.53 Å².